The molecule has 0 bridgehead atoms. The Morgan fingerprint density at radius 3 is 3.00 bits per heavy atom. The average molecular weight is 460 g/mol. The molecule has 1 aromatic heterocycles. The standard InChI is InChI=1S/C17H28N6O.HI/c1-18-17(19-10-13-6-4-3-5-7-13)20-14-8-9-16-21-15(12-24-2)22-23(16)11-14;/h3-4,13-14H,5-12H2,1-2H3,(H2,18,19,20);1H. The molecule has 8 heteroatoms. The molecule has 25 heavy (non-hydrogen) atoms. The molecule has 0 spiro atoms. The van der Waals surface area contributed by atoms with Gasteiger partial charge in [0.15, 0.2) is 11.8 Å². The lowest BCUT2D eigenvalue weighted by Gasteiger charge is -2.26. The van der Waals surface area contributed by atoms with Gasteiger partial charge < -0.3 is 15.4 Å². The van der Waals surface area contributed by atoms with Crippen molar-refractivity contribution in [1.82, 2.24) is 25.4 Å². The minimum Gasteiger partial charge on any atom is -0.377 e. The van der Waals surface area contributed by atoms with E-state index in [2.05, 4.69) is 37.9 Å². The molecule has 1 aliphatic heterocycles. The van der Waals surface area contributed by atoms with Crippen LogP contribution in [0.5, 0.6) is 0 Å². The SMILES string of the molecule is CN=C(NCC1CC=CCC1)NC1CCc2nc(COC)nn2C1.I. The first-order valence-electron chi connectivity index (χ1n) is 8.82. The summed E-state index contributed by atoms with van der Waals surface area (Å²) in [6.07, 6.45) is 10.2. The van der Waals surface area contributed by atoms with E-state index in [1.165, 1.54) is 12.8 Å². The van der Waals surface area contributed by atoms with Crippen LogP contribution in [0.3, 0.4) is 0 Å². The minimum atomic E-state index is 0. The van der Waals surface area contributed by atoms with Gasteiger partial charge in [-0.2, -0.15) is 5.10 Å². The molecule has 0 fully saturated rings. The van der Waals surface area contributed by atoms with E-state index in [1.54, 1.807) is 7.11 Å². The van der Waals surface area contributed by atoms with Crippen LogP contribution in [0.4, 0.5) is 0 Å². The maximum atomic E-state index is 5.12. The molecule has 0 saturated carbocycles. The van der Waals surface area contributed by atoms with Gasteiger partial charge in [-0.25, -0.2) is 9.67 Å². The molecule has 2 aliphatic rings. The Labute approximate surface area is 166 Å². The lowest BCUT2D eigenvalue weighted by atomic mass is 9.94. The predicted molar refractivity (Wildman–Crippen MR) is 109 cm³/mol. The van der Waals surface area contributed by atoms with Crippen molar-refractivity contribution >= 4 is 29.9 Å². The largest absolute Gasteiger partial charge is 0.377 e. The van der Waals surface area contributed by atoms with E-state index in [9.17, 15) is 0 Å². The topological polar surface area (TPSA) is 76.4 Å². The average Bonchev–Trinajstić information content (AvgIpc) is 3.01. The molecule has 0 amide bonds. The Morgan fingerprint density at radius 1 is 1.40 bits per heavy atom. The fraction of sp³-hybridized carbons (Fsp3) is 0.706. The second-order valence-electron chi connectivity index (χ2n) is 6.54. The van der Waals surface area contributed by atoms with Crippen LogP contribution in [0, 0.1) is 5.92 Å². The summed E-state index contributed by atoms with van der Waals surface area (Å²) in [6.45, 7) is 2.26. The van der Waals surface area contributed by atoms with Crippen LogP contribution in [0.1, 0.15) is 37.3 Å². The molecule has 2 heterocycles. The zero-order valence-corrected chi connectivity index (χ0v) is 17.4. The molecule has 140 valence electrons. The van der Waals surface area contributed by atoms with Gasteiger partial charge in [-0.1, -0.05) is 12.2 Å². The number of methoxy groups -OCH3 is 1. The van der Waals surface area contributed by atoms with Gasteiger partial charge in [0, 0.05) is 33.2 Å². The lowest BCUT2D eigenvalue weighted by Crippen LogP contribution is -2.48. The van der Waals surface area contributed by atoms with Gasteiger partial charge in [0.25, 0.3) is 0 Å². The van der Waals surface area contributed by atoms with Gasteiger partial charge in [0.1, 0.15) is 12.4 Å². The Bertz CT molecular complexity index is 600. The number of nitrogens with zero attached hydrogens (tertiary/aromatic N) is 4. The highest BCUT2D eigenvalue weighted by Gasteiger charge is 2.22. The van der Waals surface area contributed by atoms with Crippen molar-refractivity contribution in [3.05, 3.63) is 23.8 Å². The normalized spacial score (nSPS) is 22.9. The molecular weight excluding hydrogens is 431 g/mol. The van der Waals surface area contributed by atoms with Gasteiger partial charge in [0.05, 0.1) is 6.54 Å². The number of allylic oxidation sites excluding steroid dienone is 2. The molecule has 0 saturated heterocycles. The fourth-order valence-corrected chi connectivity index (χ4v) is 3.34. The van der Waals surface area contributed by atoms with Crippen molar-refractivity contribution in [3.63, 3.8) is 0 Å². The molecule has 7 nitrogen and oxygen atoms in total. The number of halogens is 1. The summed E-state index contributed by atoms with van der Waals surface area (Å²) in [5.41, 5.74) is 0. The number of aryl methyl sites for hydroxylation is 1. The number of hydrogen-bond acceptors (Lipinski definition) is 4. The summed E-state index contributed by atoms with van der Waals surface area (Å²) in [4.78, 5) is 8.89. The van der Waals surface area contributed by atoms with E-state index < -0.39 is 0 Å². The summed E-state index contributed by atoms with van der Waals surface area (Å²) in [6, 6.07) is 0.326. The Kier molecular flexibility index (Phi) is 8.14. The molecule has 0 radical (unpaired) electrons. The highest BCUT2D eigenvalue weighted by Crippen LogP contribution is 2.17. The number of fused-ring (bicyclic) bond motifs is 1. The molecule has 1 aliphatic carbocycles. The van der Waals surface area contributed by atoms with E-state index >= 15 is 0 Å². The molecule has 2 N–H and O–H groups in total. The van der Waals surface area contributed by atoms with E-state index in [-0.39, 0.29) is 24.0 Å². The Balaban J connectivity index is 0.00000225. The summed E-state index contributed by atoms with van der Waals surface area (Å²) < 4.78 is 7.11. The Morgan fingerprint density at radius 2 is 2.28 bits per heavy atom. The number of aliphatic imine (C=N–C) groups is 1. The van der Waals surface area contributed by atoms with Crippen molar-refractivity contribution < 1.29 is 4.74 Å². The van der Waals surface area contributed by atoms with Crippen molar-refractivity contribution in [2.75, 3.05) is 20.7 Å². The molecule has 3 rings (SSSR count). The molecule has 2 atom stereocenters. The highest BCUT2D eigenvalue weighted by atomic mass is 127. The van der Waals surface area contributed by atoms with Gasteiger partial charge in [0.2, 0.25) is 0 Å². The van der Waals surface area contributed by atoms with Crippen molar-refractivity contribution in [2.45, 2.75) is 51.3 Å². The van der Waals surface area contributed by atoms with Crippen LogP contribution in [-0.2, 0) is 24.3 Å². The van der Waals surface area contributed by atoms with Crippen LogP contribution < -0.4 is 10.6 Å². The maximum absolute atomic E-state index is 5.12. The number of guanidine groups is 1. The predicted octanol–water partition coefficient (Wildman–Crippen LogP) is 1.88. The second kappa shape index (κ2) is 10.1. The van der Waals surface area contributed by atoms with E-state index in [0.717, 1.165) is 50.0 Å². The Hall–Kier alpha value is -1.16. The summed E-state index contributed by atoms with van der Waals surface area (Å²) >= 11 is 0. The zero-order chi connectivity index (χ0) is 16.8. The number of aromatic nitrogens is 3. The first-order chi connectivity index (χ1) is 11.8. The number of nitrogens with one attached hydrogen (secondary N) is 2. The fourth-order valence-electron chi connectivity index (χ4n) is 3.34. The molecule has 0 aromatic carbocycles. The van der Waals surface area contributed by atoms with E-state index in [4.69, 9.17) is 4.74 Å². The molecule has 2 unspecified atom stereocenters. The third-order valence-corrected chi connectivity index (χ3v) is 4.68. The third kappa shape index (κ3) is 5.67. The molecule has 1 aromatic rings. The van der Waals surface area contributed by atoms with Gasteiger partial charge in [-0.3, -0.25) is 4.99 Å². The van der Waals surface area contributed by atoms with Crippen LogP contribution >= 0.6 is 24.0 Å². The van der Waals surface area contributed by atoms with E-state index in [1.807, 2.05) is 11.7 Å². The molecular formula is C17H29IN6O. The highest BCUT2D eigenvalue weighted by molar-refractivity contribution is 14.0. The number of hydrogen-bond donors (Lipinski definition) is 2. The van der Waals surface area contributed by atoms with Crippen LogP contribution in [-0.4, -0.2) is 47.5 Å². The van der Waals surface area contributed by atoms with Crippen LogP contribution in [0.15, 0.2) is 17.1 Å². The first-order valence-corrected chi connectivity index (χ1v) is 8.82. The quantitative estimate of drug-likeness (QED) is 0.304. The van der Waals surface area contributed by atoms with Gasteiger partial charge in [-0.15, -0.1) is 24.0 Å². The van der Waals surface area contributed by atoms with Crippen molar-refractivity contribution in [1.29, 1.82) is 0 Å². The number of rotatable bonds is 5. The summed E-state index contributed by atoms with van der Waals surface area (Å²) in [5.74, 6) is 3.41. The number of ether oxygens (including phenoxy) is 1. The third-order valence-electron chi connectivity index (χ3n) is 4.68. The van der Waals surface area contributed by atoms with Crippen LogP contribution in [0.2, 0.25) is 0 Å². The minimum absolute atomic E-state index is 0. The first kappa shape index (κ1) is 20.2. The monoisotopic (exact) mass is 460 g/mol. The van der Waals surface area contributed by atoms with Crippen molar-refractivity contribution in [2.24, 2.45) is 10.9 Å². The second-order valence-corrected chi connectivity index (χ2v) is 6.54. The van der Waals surface area contributed by atoms with E-state index in [0.29, 0.717) is 18.6 Å². The van der Waals surface area contributed by atoms with Crippen molar-refractivity contribution in [3.8, 4) is 0 Å². The summed E-state index contributed by atoms with van der Waals surface area (Å²) in [5, 5.41) is 11.5. The summed E-state index contributed by atoms with van der Waals surface area (Å²) in [7, 11) is 3.50. The van der Waals surface area contributed by atoms with Gasteiger partial charge >= 0.3 is 0 Å². The lowest BCUT2D eigenvalue weighted by molar-refractivity contribution is 0.177. The zero-order valence-electron chi connectivity index (χ0n) is 15.1. The van der Waals surface area contributed by atoms with Crippen LogP contribution in [0.25, 0.3) is 0 Å². The maximum Gasteiger partial charge on any atom is 0.191 e. The smallest absolute Gasteiger partial charge is 0.191 e. The van der Waals surface area contributed by atoms with Gasteiger partial charge in [-0.05, 0) is 31.6 Å².